The Kier molecular flexibility index (Phi) is 4.51. The lowest BCUT2D eigenvalue weighted by molar-refractivity contribution is 0.0624. The molecule has 1 amide bonds. The van der Waals surface area contributed by atoms with Gasteiger partial charge in [-0.2, -0.15) is 0 Å². The Hall–Kier alpha value is -2.44. The highest BCUT2D eigenvalue weighted by molar-refractivity contribution is 5.96. The first kappa shape index (κ1) is 16.4. The van der Waals surface area contributed by atoms with Crippen molar-refractivity contribution in [2.24, 2.45) is 13.0 Å². The number of aryl methyl sites for hydroxylation is 1. The van der Waals surface area contributed by atoms with Crippen LogP contribution in [0.25, 0.3) is 0 Å². The molecule has 2 aromatic rings. The highest BCUT2D eigenvalue weighted by atomic mass is 16.5. The molecule has 1 aliphatic heterocycles. The van der Waals surface area contributed by atoms with Crippen LogP contribution in [-0.2, 0) is 7.05 Å². The maximum Gasteiger partial charge on any atom is 0.276 e. The molecule has 3 rings (SSSR count). The lowest BCUT2D eigenvalue weighted by Gasteiger charge is -2.31. The van der Waals surface area contributed by atoms with Crippen LogP contribution in [0.4, 0.5) is 0 Å². The third-order valence-corrected chi connectivity index (χ3v) is 4.44. The van der Waals surface area contributed by atoms with Crippen molar-refractivity contribution in [2.75, 3.05) is 13.1 Å². The number of piperidine rings is 1. The zero-order valence-corrected chi connectivity index (χ0v) is 14.2. The van der Waals surface area contributed by atoms with E-state index in [0.29, 0.717) is 30.4 Å². The number of carbonyl (C=O) groups is 2. The quantitative estimate of drug-likeness (QED) is 0.803. The molecular formula is C17H22N4O3. The SMILES string of the molecule is CC(C)c1cc(C(=O)N2CCC[C@@H](C(=O)c3nccn3C)C2)no1. The van der Waals surface area contributed by atoms with Gasteiger partial charge in [0, 0.05) is 50.4 Å². The number of likely N-dealkylation sites (tertiary alicyclic amines) is 1. The van der Waals surface area contributed by atoms with Gasteiger partial charge in [-0.05, 0) is 12.8 Å². The molecule has 1 aliphatic rings. The third-order valence-electron chi connectivity index (χ3n) is 4.44. The van der Waals surface area contributed by atoms with Crippen LogP contribution in [-0.4, -0.2) is 44.4 Å². The predicted molar refractivity (Wildman–Crippen MR) is 86.8 cm³/mol. The predicted octanol–water partition coefficient (Wildman–Crippen LogP) is 2.27. The number of hydrogen-bond donors (Lipinski definition) is 0. The van der Waals surface area contributed by atoms with Crippen molar-refractivity contribution in [1.29, 1.82) is 0 Å². The molecule has 0 aliphatic carbocycles. The summed E-state index contributed by atoms with van der Waals surface area (Å²) in [5.41, 5.74) is 0.309. The van der Waals surface area contributed by atoms with Gasteiger partial charge in [0.25, 0.3) is 5.91 Å². The molecule has 0 radical (unpaired) electrons. The van der Waals surface area contributed by atoms with E-state index in [2.05, 4.69) is 10.1 Å². The fourth-order valence-corrected chi connectivity index (χ4v) is 2.99. The van der Waals surface area contributed by atoms with Crippen LogP contribution in [0.3, 0.4) is 0 Å². The first-order valence-electron chi connectivity index (χ1n) is 8.24. The third kappa shape index (κ3) is 3.11. The number of aromatic nitrogens is 3. The topological polar surface area (TPSA) is 81.2 Å². The second-order valence-electron chi connectivity index (χ2n) is 6.59. The van der Waals surface area contributed by atoms with E-state index in [9.17, 15) is 9.59 Å². The summed E-state index contributed by atoms with van der Waals surface area (Å²) < 4.78 is 6.93. The minimum atomic E-state index is -0.222. The number of imidazole rings is 1. The van der Waals surface area contributed by atoms with Crippen LogP contribution in [0, 0.1) is 5.92 Å². The van der Waals surface area contributed by atoms with Gasteiger partial charge < -0.3 is 14.0 Å². The second-order valence-corrected chi connectivity index (χ2v) is 6.59. The van der Waals surface area contributed by atoms with Crippen molar-refractivity contribution in [3.05, 3.63) is 35.7 Å². The second kappa shape index (κ2) is 6.59. The summed E-state index contributed by atoms with van der Waals surface area (Å²) in [5, 5.41) is 3.88. The van der Waals surface area contributed by atoms with Crippen molar-refractivity contribution in [3.63, 3.8) is 0 Å². The first-order chi connectivity index (χ1) is 11.5. The monoisotopic (exact) mass is 330 g/mol. The van der Waals surface area contributed by atoms with Crippen LogP contribution in [0.5, 0.6) is 0 Å². The van der Waals surface area contributed by atoms with Gasteiger partial charge in [-0.15, -0.1) is 0 Å². The first-order valence-corrected chi connectivity index (χ1v) is 8.24. The molecule has 0 bridgehead atoms. The van der Waals surface area contributed by atoms with Gasteiger partial charge in [0.05, 0.1) is 0 Å². The normalized spacial score (nSPS) is 18.2. The van der Waals surface area contributed by atoms with E-state index in [1.54, 1.807) is 35.0 Å². The molecule has 1 atom stereocenters. The fraction of sp³-hybridized carbons (Fsp3) is 0.529. The molecule has 0 aromatic carbocycles. The molecule has 0 spiro atoms. The average Bonchev–Trinajstić information content (AvgIpc) is 3.22. The maximum atomic E-state index is 12.6. The molecule has 0 unspecified atom stereocenters. The van der Waals surface area contributed by atoms with E-state index in [1.807, 2.05) is 13.8 Å². The molecule has 0 saturated carbocycles. The molecule has 7 nitrogen and oxygen atoms in total. The Morgan fingerprint density at radius 2 is 2.17 bits per heavy atom. The van der Waals surface area contributed by atoms with Gasteiger partial charge in [-0.3, -0.25) is 9.59 Å². The van der Waals surface area contributed by atoms with Crippen molar-refractivity contribution in [2.45, 2.75) is 32.6 Å². The molecule has 0 N–H and O–H groups in total. The Labute approximate surface area is 140 Å². The number of hydrogen-bond acceptors (Lipinski definition) is 5. The smallest absolute Gasteiger partial charge is 0.276 e. The largest absolute Gasteiger partial charge is 0.360 e. The van der Waals surface area contributed by atoms with Gasteiger partial charge in [-0.1, -0.05) is 19.0 Å². The van der Waals surface area contributed by atoms with E-state index in [0.717, 1.165) is 12.8 Å². The van der Waals surface area contributed by atoms with E-state index < -0.39 is 0 Å². The standard InChI is InChI=1S/C17H22N4O3/c1-11(2)14-9-13(19-24-14)17(23)21-7-4-5-12(10-21)15(22)16-18-6-8-20(16)3/h6,8-9,11-12H,4-5,7,10H2,1-3H3/t12-/m1/s1. The van der Waals surface area contributed by atoms with Crippen molar-refractivity contribution in [3.8, 4) is 0 Å². The summed E-state index contributed by atoms with van der Waals surface area (Å²) in [6.07, 6.45) is 4.93. The van der Waals surface area contributed by atoms with E-state index in [1.165, 1.54) is 0 Å². The van der Waals surface area contributed by atoms with Crippen LogP contribution in [0.1, 0.15) is 59.5 Å². The van der Waals surface area contributed by atoms with E-state index in [4.69, 9.17) is 4.52 Å². The van der Waals surface area contributed by atoms with Crippen LogP contribution in [0.15, 0.2) is 23.0 Å². The summed E-state index contributed by atoms with van der Waals surface area (Å²) in [6.45, 7) is 5.00. The number of nitrogens with zero attached hydrogens (tertiary/aromatic N) is 4. The van der Waals surface area contributed by atoms with Gasteiger partial charge in [-0.25, -0.2) is 4.98 Å². The number of Topliss-reactive ketones (excluding diaryl/α,β-unsaturated/α-hetero) is 1. The van der Waals surface area contributed by atoms with Crippen LogP contribution in [0.2, 0.25) is 0 Å². The Morgan fingerprint density at radius 1 is 1.38 bits per heavy atom. The average molecular weight is 330 g/mol. The molecule has 1 fully saturated rings. The maximum absolute atomic E-state index is 12.6. The van der Waals surface area contributed by atoms with E-state index in [-0.39, 0.29) is 23.5 Å². The number of carbonyl (C=O) groups excluding carboxylic acids is 2. The highest BCUT2D eigenvalue weighted by Crippen LogP contribution is 2.23. The molecule has 1 saturated heterocycles. The minimum Gasteiger partial charge on any atom is -0.360 e. The zero-order valence-electron chi connectivity index (χ0n) is 14.2. The van der Waals surface area contributed by atoms with Gasteiger partial charge in [0.2, 0.25) is 5.78 Å². The minimum absolute atomic E-state index is 0.0111. The summed E-state index contributed by atoms with van der Waals surface area (Å²) in [5.74, 6) is 0.901. The number of ketones is 1. The van der Waals surface area contributed by atoms with Crippen LogP contribution >= 0.6 is 0 Å². The lowest BCUT2D eigenvalue weighted by atomic mass is 9.93. The highest BCUT2D eigenvalue weighted by Gasteiger charge is 2.32. The summed E-state index contributed by atoms with van der Waals surface area (Å²) in [4.78, 5) is 31.1. The molecule has 7 heteroatoms. The summed E-state index contributed by atoms with van der Waals surface area (Å²) >= 11 is 0. The van der Waals surface area contributed by atoms with Crippen molar-refractivity contribution >= 4 is 11.7 Å². The lowest BCUT2D eigenvalue weighted by Crippen LogP contribution is -2.42. The number of amides is 1. The van der Waals surface area contributed by atoms with Crippen molar-refractivity contribution in [1.82, 2.24) is 19.6 Å². The molecule has 24 heavy (non-hydrogen) atoms. The Balaban J connectivity index is 1.72. The van der Waals surface area contributed by atoms with E-state index >= 15 is 0 Å². The molecule has 128 valence electrons. The van der Waals surface area contributed by atoms with Gasteiger partial charge in [0.15, 0.2) is 11.5 Å². The van der Waals surface area contributed by atoms with Crippen molar-refractivity contribution < 1.29 is 14.1 Å². The van der Waals surface area contributed by atoms with Gasteiger partial charge >= 0.3 is 0 Å². The fourth-order valence-electron chi connectivity index (χ4n) is 2.99. The molecule has 2 aromatic heterocycles. The molecule has 3 heterocycles. The van der Waals surface area contributed by atoms with Crippen LogP contribution < -0.4 is 0 Å². The summed E-state index contributed by atoms with van der Waals surface area (Å²) in [6, 6.07) is 1.69. The Morgan fingerprint density at radius 3 is 2.79 bits per heavy atom. The molecular weight excluding hydrogens is 308 g/mol. The zero-order chi connectivity index (χ0) is 17.3. The summed E-state index contributed by atoms with van der Waals surface area (Å²) in [7, 11) is 1.80. The Bertz CT molecular complexity index is 747. The number of rotatable bonds is 4. The van der Waals surface area contributed by atoms with Gasteiger partial charge in [0.1, 0.15) is 5.76 Å².